The first kappa shape index (κ1) is 19.2. The minimum Gasteiger partial charge on any atom is -0.490 e. The first-order chi connectivity index (χ1) is 13.4. The lowest BCUT2D eigenvalue weighted by Crippen LogP contribution is -2.40. The van der Waals surface area contributed by atoms with Gasteiger partial charge in [0.1, 0.15) is 17.7 Å². The van der Waals surface area contributed by atoms with Gasteiger partial charge >= 0.3 is 0 Å². The Morgan fingerprint density at radius 3 is 2.43 bits per heavy atom. The van der Waals surface area contributed by atoms with Gasteiger partial charge in [0.15, 0.2) is 5.65 Å². The van der Waals surface area contributed by atoms with Crippen molar-refractivity contribution in [2.75, 3.05) is 13.1 Å². The third kappa shape index (κ3) is 4.00. The Labute approximate surface area is 168 Å². The van der Waals surface area contributed by atoms with Crippen molar-refractivity contribution in [1.29, 1.82) is 0 Å². The zero-order valence-electron chi connectivity index (χ0n) is 16.7. The Morgan fingerprint density at radius 2 is 1.75 bits per heavy atom. The van der Waals surface area contributed by atoms with E-state index < -0.39 is 0 Å². The third-order valence-electron chi connectivity index (χ3n) is 5.25. The fraction of sp³-hybridized carbons (Fsp3) is 0.476. The molecule has 1 saturated heterocycles. The molecule has 3 aromatic heterocycles. The van der Waals surface area contributed by atoms with Crippen LogP contribution < -0.4 is 4.74 Å². The Bertz CT molecular complexity index is 977. The Kier molecular flexibility index (Phi) is 5.29. The topological polar surface area (TPSA) is 51.1 Å². The summed E-state index contributed by atoms with van der Waals surface area (Å²) >= 11 is 1.48. The maximum Gasteiger partial charge on any atom is 0.171 e. The second-order valence-corrected chi connectivity index (χ2v) is 8.76. The van der Waals surface area contributed by atoms with Gasteiger partial charge in [-0.2, -0.15) is 0 Å². The summed E-state index contributed by atoms with van der Waals surface area (Å²) in [5, 5.41) is 0.909. The monoisotopic (exact) mass is 400 g/mol. The highest BCUT2D eigenvalue weighted by atomic mass is 32.1. The number of fused-ring (bicyclic) bond motifs is 1. The number of aryl methyl sites for hydroxylation is 3. The quantitative estimate of drug-likeness (QED) is 0.632. The van der Waals surface area contributed by atoms with Crippen LogP contribution in [0.4, 0.5) is 4.39 Å². The maximum atomic E-state index is 14.6. The summed E-state index contributed by atoms with van der Waals surface area (Å²) in [6.07, 6.45) is 1.99. The van der Waals surface area contributed by atoms with Gasteiger partial charge in [-0.3, -0.25) is 9.88 Å². The number of nitrogens with zero attached hydrogens (tertiary/aromatic N) is 4. The molecule has 0 bridgehead atoms. The molecule has 3 aromatic rings. The Hall–Kier alpha value is -2.12. The van der Waals surface area contributed by atoms with E-state index in [0.717, 1.165) is 52.8 Å². The first-order valence-corrected chi connectivity index (χ1v) is 10.5. The van der Waals surface area contributed by atoms with E-state index in [4.69, 9.17) is 4.74 Å². The second-order valence-electron chi connectivity index (χ2n) is 7.52. The van der Waals surface area contributed by atoms with Crippen LogP contribution in [0.25, 0.3) is 10.3 Å². The summed E-state index contributed by atoms with van der Waals surface area (Å²) in [7, 11) is 0. The summed E-state index contributed by atoms with van der Waals surface area (Å²) < 4.78 is 21.6. The van der Waals surface area contributed by atoms with Crippen molar-refractivity contribution in [1.82, 2.24) is 19.9 Å². The molecular weight excluding hydrogens is 375 g/mol. The summed E-state index contributed by atoms with van der Waals surface area (Å²) in [5.41, 5.74) is 3.07. The van der Waals surface area contributed by atoms with Crippen LogP contribution >= 0.6 is 11.3 Å². The van der Waals surface area contributed by atoms with E-state index in [0.29, 0.717) is 11.3 Å². The summed E-state index contributed by atoms with van der Waals surface area (Å²) in [5.74, 6) is 0.637. The lowest BCUT2D eigenvalue weighted by Gasteiger charge is -2.35. The molecule has 0 aromatic carbocycles. The number of hydrogen-bond donors (Lipinski definition) is 0. The molecule has 28 heavy (non-hydrogen) atoms. The van der Waals surface area contributed by atoms with Crippen LogP contribution in [-0.4, -0.2) is 39.0 Å². The van der Waals surface area contributed by atoms with E-state index in [1.807, 2.05) is 39.8 Å². The Morgan fingerprint density at radius 1 is 1.07 bits per heavy atom. The average Bonchev–Trinajstić information content (AvgIpc) is 2.99. The minimum absolute atomic E-state index is 0.0854. The number of hydrogen-bond acceptors (Lipinski definition) is 6. The molecule has 4 heterocycles. The lowest BCUT2D eigenvalue weighted by atomic mass is 10.0. The van der Waals surface area contributed by atoms with Gasteiger partial charge in [0, 0.05) is 36.6 Å². The van der Waals surface area contributed by atoms with E-state index in [1.165, 1.54) is 11.3 Å². The fourth-order valence-corrected chi connectivity index (χ4v) is 4.66. The van der Waals surface area contributed by atoms with Crippen LogP contribution in [0, 0.1) is 26.6 Å². The van der Waals surface area contributed by atoms with Crippen LogP contribution in [0.2, 0.25) is 0 Å². The lowest BCUT2D eigenvalue weighted by molar-refractivity contribution is 0.0776. The first-order valence-electron chi connectivity index (χ1n) is 9.68. The van der Waals surface area contributed by atoms with Crippen LogP contribution in [0.15, 0.2) is 18.2 Å². The summed E-state index contributed by atoms with van der Waals surface area (Å²) in [6.45, 7) is 9.60. The van der Waals surface area contributed by atoms with Crippen molar-refractivity contribution in [2.24, 2.45) is 0 Å². The molecule has 0 spiro atoms. The van der Waals surface area contributed by atoms with Gasteiger partial charge in [-0.25, -0.2) is 14.4 Å². The molecule has 0 saturated carbocycles. The molecule has 0 aliphatic carbocycles. The standard InChI is InChI=1S/C21H25FN4OS/c1-12-9-17(10-13(2)23-12)27-16-5-7-26(8-6-16)14(3)20-18(22)11-19-21(25-20)24-15(4)28-19/h9-11,14,16H,5-8H2,1-4H3. The molecule has 1 fully saturated rings. The number of pyridine rings is 2. The molecular formula is C21H25FN4OS. The normalized spacial score (nSPS) is 17.2. The minimum atomic E-state index is -0.246. The highest BCUT2D eigenvalue weighted by Gasteiger charge is 2.27. The molecule has 1 aliphatic heterocycles. The van der Waals surface area contributed by atoms with Crippen molar-refractivity contribution in [2.45, 2.75) is 52.7 Å². The molecule has 1 unspecified atom stereocenters. The van der Waals surface area contributed by atoms with Gasteiger partial charge in [-0.15, -0.1) is 11.3 Å². The molecule has 1 atom stereocenters. The van der Waals surface area contributed by atoms with Gasteiger partial charge in [-0.1, -0.05) is 0 Å². The van der Waals surface area contributed by atoms with Gasteiger partial charge in [0.05, 0.1) is 21.4 Å². The molecule has 5 nitrogen and oxygen atoms in total. The van der Waals surface area contributed by atoms with Crippen molar-refractivity contribution in [3.63, 3.8) is 0 Å². The van der Waals surface area contributed by atoms with E-state index in [9.17, 15) is 4.39 Å². The number of thiazole rings is 1. The Balaban J connectivity index is 1.42. The number of rotatable bonds is 4. The molecule has 148 valence electrons. The summed E-state index contributed by atoms with van der Waals surface area (Å²) in [6, 6.07) is 5.44. The predicted octanol–water partition coefficient (Wildman–Crippen LogP) is 4.76. The number of ether oxygens (including phenoxy) is 1. The molecule has 0 amide bonds. The number of aromatic nitrogens is 3. The average molecular weight is 401 g/mol. The molecule has 7 heteroatoms. The van der Waals surface area contributed by atoms with Crippen molar-refractivity contribution in [3.05, 3.63) is 46.1 Å². The van der Waals surface area contributed by atoms with Crippen molar-refractivity contribution >= 4 is 21.7 Å². The largest absolute Gasteiger partial charge is 0.490 e. The van der Waals surface area contributed by atoms with Crippen LogP contribution in [0.3, 0.4) is 0 Å². The zero-order valence-corrected chi connectivity index (χ0v) is 17.5. The highest BCUT2D eigenvalue weighted by Crippen LogP contribution is 2.30. The van der Waals surface area contributed by atoms with Gasteiger partial charge in [0.2, 0.25) is 0 Å². The predicted molar refractivity (Wildman–Crippen MR) is 109 cm³/mol. The fourth-order valence-electron chi connectivity index (χ4n) is 3.87. The van der Waals surface area contributed by atoms with Gasteiger partial charge < -0.3 is 4.74 Å². The van der Waals surface area contributed by atoms with Crippen LogP contribution in [-0.2, 0) is 0 Å². The van der Waals surface area contributed by atoms with Gasteiger partial charge in [-0.05, 0) is 46.6 Å². The van der Waals surface area contributed by atoms with Gasteiger partial charge in [0.25, 0.3) is 0 Å². The van der Waals surface area contributed by atoms with E-state index in [-0.39, 0.29) is 18.0 Å². The maximum absolute atomic E-state index is 14.6. The SMILES string of the molecule is Cc1cc(OC2CCN(C(C)c3nc4nc(C)sc4cc3F)CC2)cc(C)n1. The number of halogens is 1. The van der Waals surface area contributed by atoms with Crippen molar-refractivity contribution in [3.8, 4) is 5.75 Å². The van der Waals surface area contributed by atoms with Crippen molar-refractivity contribution < 1.29 is 9.13 Å². The summed E-state index contributed by atoms with van der Waals surface area (Å²) in [4.78, 5) is 15.6. The number of likely N-dealkylation sites (tertiary alicyclic amines) is 1. The van der Waals surface area contributed by atoms with E-state index in [2.05, 4.69) is 19.9 Å². The zero-order chi connectivity index (χ0) is 19.8. The second kappa shape index (κ2) is 7.72. The van der Waals surface area contributed by atoms with Crippen LogP contribution in [0.1, 0.15) is 47.9 Å². The smallest absolute Gasteiger partial charge is 0.171 e. The molecule has 1 aliphatic rings. The van der Waals surface area contributed by atoms with Crippen LogP contribution in [0.5, 0.6) is 5.75 Å². The van der Waals surface area contributed by atoms with E-state index >= 15 is 0 Å². The highest BCUT2D eigenvalue weighted by molar-refractivity contribution is 7.18. The molecule has 4 rings (SSSR count). The molecule has 0 N–H and O–H groups in total. The molecule has 0 radical (unpaired) electrons. The third-order valence-corrected chi connectivity index (χ3v) is 6.16. The van der Waals surface area contributed by atoms with E-state index in [1.54, 1.807) is 6.07 Å². The number of piperidine rings is 1.